The highest BCUT2D eigenvalue weighted by Crippen LogP contribution is 2.29. The van der Waals surface area contributed by atoms with Gasteiger partial charge in [0.2, 0.25) is 17.6 Å². The molecule has 1 aromatic heterocycles. The fourth-order valence-corrected chi connectivity index (χ4v) is 5.42. The highest BCUT2D eigenvalue weighted by Gasteiger charge is 2.27. The van der Waals surface area contributed by atoms with Crippen LogP contribution in [0.3, 0.4) is 0 Å². The minimum atomic E-state index is -0.0419. The van der Waals surface area contributed by atoms with Gasteiger partial charge < -0.3 is 9.84 Å². The molecule has 0 aliphatic carbocycles. The maximum atomic E-state index is 12.7. The quantitative estimate of drug-likeness (QED) is 0.338. The normalized spacial score (nSPS) is 16.5. The van der Waals surface area contributed by atoms with Crippen LogP contribution in [0.15, 0.2) is 47.0 Å². The summed E-state index contributed by atoms with van der Waals surface area (Å²) < 4.78 is 5.43. The lowest BCUT2D eigenvalue weighted by molar-refractivity contribution is -0.126. The van der Waals surface area contributed by atoms with Crippen LogP contribution in [0.2, 0.25) is 15.1 Å². The predicted octanol–water partition coefficient (Wildman–Crippen LogP) is 5.96. The average Bonchev–Trinajstić information content (AvgIpc) is 3.27. The van der Waals surface area contributed by atoms with Gasteiger partial charge >= 0.3 is 0 Å². The summed E-state index contributed by atoms with van der Waals surface area (Å²) in [5, 5.41) is 8.91. The molecule has 0 saturated carbocycles. The molecular formula is C24H25Cl3N4O2S. The Bertz CT molecular complexity index is 1130. The van der Waals surface area contributed by atoms with Crippen molar-refractivity contribution >= 4 is 52.5 Å². The average molecular weight is 540 g/mol. The maximum Gasteiger partial charge on any atom is 0.241 e. The van der Waals surface area contributed by atoms with Crippen molar-refractivity contribution < 1.29 is 9.32 Å². The predicted molar refractivity (Wildman–Crippen MR) is 138 cm³/mol. The number of aromatic nitrogens is 2. The van der Waals surface area contributed by atoms with Crippen molar-refractivity contribution in [3.63, 3.8) is 0 Å². The van der Waals surface area contributed by atoms with Gasteiger partial charge in [-0.25, -0.2) is 0 Å². The first kappa shape index (κ1) is 25.3. The van der Waals surface area contributed by atoms with E-state index >= 15 is 0 Å². The fourth-order valence-electron chi connectivity index (χ4n) is 3.91. The fraction of sp³-hybridized carbons (Fsp3) is 0.375. The van der Waals surface area contributed by atoms with Crippen molar-refractivity contribution in [3.05, 3.63) is 69.0 Å². The van der Waals surface area contributed by atoms with Gasteiger partial charge in [0.05, 0.1) is 17.5 Å². The van der Waals surface area contributed by atoms with E-state index in [1.54, 1.807) is 30.0 Å². The molecule has 1 amide bonds. The molecule has 10 heteroatoms. The van der Waals surface area contributed by atoms with Gasteiger partial charge in [-0.1, -0.05) is 52.1 Å². The van der Waals surface area contributed by atoms with Gasteiger partial charge in [-0.2, -0.15) is 16.7 Å². The number of hydrogen-bond acceptors (Lipinski definition) is 6. The second-order valence-electron chi connectivity index (χ2n) is 8.18. The monoisotopic (exact) mass is 538 g/mol. The highest BCUT2D eigenvalue weighted by atomic mass is 35.5. The lowest BCUT2D eigenvalue weighted by atomic mass is 9.97. The molecule has 0 spiro atoms. The van der Waals surface area contributed by atoms with E-state index in [2.05, 4.69) is 26.4 Å². The van der Waals surface area contributed by atoms with Crippen molar-refractivity contribution in [3.8, 4) is 11.4 Å². The summed E-state index contributed by atoms with van der Waals surface area (Å²) in [5.41, 5.74) is 1.86. The zero-order valence-electron chi connectivity index (χ0n) is 18.5. The number of likely N-dealkylation sites (tertiary alicyclic amines) is 1. The van der Waals surface area contributed by atoms with Gasteiger partial charge in [-0.05, 0) is 55.3 Å². The molecule has 6 nitrogen and oxygen atoms in total. The number of carbonyl (C=O) groups excluding carboxylic acids is 1. The van der Waals surface area contributed by atoms with Crippen LogP contribution >= 0.6 is 46.6 Å². The Labute approximate surface area is 218 Å². The Kier molecular flexibility index (Phi) is 9.14. The molecule has 1 aliphatic heterocycles. The first-order valence-corrected chi connectivity index (χ1v) is 13.4. The van der Waals surface area contributed by atoms with Gasteiger partial charge in [0, 0.05) is 40.2 Å². The summed E-state index contributed by atoms with van der Waals surface area (Å²) >= 11 is 20.0. The molecule has 34 heavy (non-hydrogen) atoms. The van der Waals surface area contributed by atoms with Crippen LogP contribution in [0.4, 0.5) is 0 Å². The summed E-state index contributed by atoms with van der Waals surface area (Å²) in [4.78, 5) is 19.3. The van der Waals surface area contributed by atoms with Gasteiger partial charge in [0.1, 0.15) is 0 Å². The lowest BCUT2D eigenvalue weighted by Crippen LogP contribution is -2.43. The van der Waals surface area contributed by atoms with Crippen LogP contribution < -0.4 is 5.32 Å². The van der Waals surface area contributed by atoms with Crippen LogP contribution in [-0.2, 0) is 17.1 Å². The number of hydrogen-bond donors (Lipinski definition) is 1. The molecule has 1 fully saturated rings. The van der Waals surface area contributed by atoms with Crippen LogP contribution in [0.1, 0.15) is 24.3 Å². The molecule has 180 valence electrons. The number of halogens is 3. The van der Waals surface area contributed by atoms with E-state index < -0.39 is 0 Å². The second kappa shape index (κ2) is 12.3. The number of nitrogens with one attached hydrogen (secondary N) is 1. The molecular weight excluding hydrogens is 515 g/mol. The minimum absolute atomic E-state index is 0.0419. The van der Waals surface area contributed by atoms with E-state index in [4.69, 9.17) is 39.3 Å². The summed E-state index contributed by atoms with van der Waals surface area (Å²) in [6.45, 7) is 2.70. The van der Waals surface area contributed by atoms with Crippen LogP contribution in [0.5, 0.6) is 0 Å². The molecule has 0 radical (unpaired) electrons. The van der Waals surface area contributed by atoms with Crippen LogP contribution in [0.25, 0.3) is 11.4 Å². The summed E-state index contributed by atoms with van der Waals surface area (Å²) in [6.07, 6.45) is 1.83. The molecule has 1 N–H and O–H groups in total. The Morgan fingerprint density at radius 3 is 2.85 bits per heavy atom. The largest absolute Gasteiger partial charge is 0.355 e. The summed E-state index contributed by atoms with van der Waals surface area (Å²) in [6, 6.07) is 13.0. The third-order valence-electron chi connectivity index (χ3n) is 5.58. The lowest BCUT2D eigenvalue weighted by Gasteiger charge is -2.30. The standard InChI is InChI=1S/C24H25Cl3N4O2S/c25-18-5-1-3-16(11-18)15-34-10-8-28-24(32)17-4-2-9-31(13-17)14-22-29-23(30-33-22)20-7-6-19(26)12-21(20)27/h1,3,5-7,11-12,17H,2,4,8-10,13-15H2,(H,28,32). The van der Waals surface area contributed by atoms with Gasteiger partial charge in [0.25, 0.3) is 0 Å². The SMILES string of the molecule is O=C(NCCSCc1cccc(Cl)c1)C1CCCN(Cc2nc(-c3ccc(Cl)cc3Cl)no2)C1. The second-order valence-corrected chi connectivity index (χ2v) is 10.6. The number of amides is 1. The number of piperidine rings is 1. The van der Waals surface area contributed by atoms with Crippen molar-refractivity contribution in [2.75, 3.05) is 25.4 Å². The van der Waals surface area contributed by atoms with E-state index in [1.807, 2.05) is 18.2 Å². The molecule has 1 unspecified atom stereocenters. The van der Waals surface area contributed by atoms with E-state index in [9.17, 15) is 4.79 Å². The number of thioether (sulfide) groups is 1. The van der Waals surface area contributed by atoms with Crippen LogP contribution in [0, 0.1) is 5.92 Å². The molecule has 2 heterocycles. The molecule has 0 bridgehead atoms. The zero-order valence-corrected chi connectivity index (χ0v) is 21.6. The Morgan fingerprint density at radius 2 is 2.03 bits per heavy atom. The van der Waals surface area contributed by atoms with E-state index in [-0.39, 0.29) is 11.8 Å². The molecule has 1 aliphatic rings. The molecule has 2 aromatic carbocycles. The summed E-state index contributed by atoms with van der Waals surface area (Å²) in [7, 11) is 0. The third-order valence-corrected chi connectivity index (χ3v) is 7.39. The molecule has 3 aromatic rings. The van der Waals surface area contributed by atoms with Gasteiger partial charge in [-0.15, -0.1) is 0 Å². The molecule has 4 rings (SSSR count). The van der Waals surface area contributed by atoms with E-state index in [0.717, 1.165) is 35.9 Å². The molecule has 1 atom stereocenters. The highest BCUT2D eigenvalue weighted by molar-refractivity contribution is 7.98. The number of benzene rings is 2. The van der Waals surface area contributed by atoms with Gasteiger partial charge in [-0.3, -0.25) is 9.69 Å². The third kappa shape index (κ3) is 7.12. The van der Waals surface area contributed by atoms with Crippen LogP contribution in [-0.4, -0.2) is 46.3 Å². The Hall–Kier alpha value is -1.77. The smallest absolute Gasteiger partial charge is 0.241 e. The first-order valence-electron chi connectivity index (χ1n) is 11.1. The Balaban J connectivity index is 1.21. The maximum absolute atomic E-state index is 12.7. The number of rotatable bonds is 9. The number of nitrogens with zero attached hydrogens (tertiary/aromatic N) is 3. The van der Waals surface area contributed by atoms with Gasteiger partial charge in [0.15, 0.2) is 0 Å². The van der Waals surface area contributed by atoms with E-state index in [0.29, 0.717) is 47.0 Å². The number of carbonyl (C=O) groups is 1. The topological polar surface area (TPSA) is 71.3 Å². The zero-order chi connectivity index (χ0) is 23.9. The summed E-state index contributed by atoms with van der Waals surface area (Å²) in [5.74, 6) is 2.72. The molecule has 1 saturated heterocycles. The van der Waals surface area contributed by atoms with Crippen molar-refractivity contribution in [2.45, 2.75) is 25.1 Å². The van der Waals surface area contributed by atoms with E-state index in [1.165, 1.54) is 5.56 Å². The minimum Gasteiger partial charge on any atom is -0.355 e. The van der Waals surface area contributed by atoms with Crippen molar-refractivity contribution in [1.82, 2.24) is 20.4 Å². The first-order chi connectivity index (χ1) is 16.5. The Morgan fingerprint density at radius 1 is 1.18 bits per heavy atom. The van der Waals surface area contributed by atoms with Crippen molar-refractivity contribution in [1.29, 1.82) is 0 Å². The van der Waals surface area contributed by atoms with Crippen molar-refractivity contribution in [2.24, 2.45) is 5.92 Å².